The topological polar surface area (TPSA) is 507 Å². The van der Waals surface area contributed by atoms with Crippen molar-refractivity contribution >= 4 is 34.7 Å². The van der Waals surface area contributed by atoms with E-state index in [1.165, 1.54) is 0 Å². The molecule has 26 nitrogen and oxygen atoms in total. The summed E-state index contributed by atoms with van der Waals surface area (Å²) >= 11 is 0. The van der Waals surface area contributed by atoms with Crippen LogP contribution in [0.25, 0.3) is 0 Å². The molecule has 0 aliphatic heterocycles. The maximum Gasteiger partial charge on any atom is 0.246 e. The molecule has 0 radical (unpaired) electrons. The molecule has 0 heterocycles. The van der Waals surface area contributed by atoms with Crippen molar-refractivity contribution in [1.29, 1.82) is 0 Å². The van der Waals surface area contributed by atoms with Gasteiger partial charge < -0.3 is 102 Å². The summed E-state index contributed by atoms with van der Waals surface area (Å²) in [6, 6.07) is 0.620. The summed E-state index contributed by atoms with van der Waals surface area (Å²) in [7, 11) is 0. The number of benzene rings is 5. The van der Waals surface area contributed by atoms with Gasteiger partial charge in [0.15, 0.2) is 97.6 Å². The molecule has 0 aromatic heterocycles. The van der Waals surface area contributed by atoms with E-state index in [1.54, 1.807) is 0 Å². The van der Waals surface area contributed by atoms with Crippen LogP contribution in [0.4, 0.5) is 0 Å². The van der Waals surface area contributed by atoms with Gasteiger partial charge in [-0.2, -0.15) is 0 Å². The second kappa shape index (κ2) is 16.8. The van der Waals surface area contributed by atoms with Gasteiger partial charge in [0, 0.05) is 27.8 Å². The van der Waals surface area contributed by atoms with Crippen LogP contribution in [-0.4, -0.2) is 166 Å². The van der Waals surface area contributed by atoms with Crippen LogP contribution in [0.2, 0.25) is 0 Å². The minimum atomic E-state index is -5.72. The first kappa shape index (κ1) is 48.9. The molecule has 0 fully saturated rings. The highest BCUT2D eigenvalue weighted by Crippen LogP contribution is 2.49. The average Bonchev–Trinajstić information content (AvgIpc) is 3.28. The second-order valence-corrected chi connectivity index (χ2v) is 14.4. The molecule has 5 unspecified atom stereocenters. The average molecular weight is 941 g/mol. The number of aromatic hydroxyl groups is 15. The molecule has 0 saturated heterocycles. The highest BCUT2D eigenvalue weighted by molar-refractivity contribution is 6.52. The van der Waals surface area contributed by atoms with Crippen LogP contribution in [0.5, 0.6) is 86.2 Å². The number of phenolic OH excluding ortho intramolecular Hbond substituents is 15. The van der Waals surface area contributed by atoms with Crippen molar-refractivity contribution in [3.63, 3.8) is 0 Å². The smallest absolute Gasteiger partial charge is 0.246 e. The Morgan fingerprint density at radius 2 is 0.612 bits per heavy atom. The number of ketones is 6. The number of rotatable bonds is 15. The van der Waals surface area contributed by atoms with E-state index in [1.807, 2.05) is 0 Å². The first-order valence-electron chi connectivity index (χ1n) is 18.0. The fourth-order valence-electron chi connectivity index (χ4n) is 6.72. The largest absolute Gasteiger partial charge is 0.504 e. The molecule has 5 aromatic carbocycles. The predicted molar refractivity (Wildman–Crippen MR) is 211 cm³/mol. The molecule has 5 aromatic rings. The van der Waals surface area contributed by atoms with Gasteiger partial charge in [-0.05, 0) is 60.7 Å². The zero-order valence-corrected chi connectivity index (χ0v) is 32.8. The Kier molecular flexibility index (Phi) is 12.3. The van der Waals surface area contributed by atoms with Crippen LogP contribution >= 0.6 is 0 Å². The molecule has 0 spiro atoms. The van der Waals surface area contributed by atoms with Gasteiger partial charge in [-0.3, -0.25) is 28.8 Å². The third-order valence-electron chi connectivity index (χ3n) is 10.3. The molecular formula is C41H32O26. The van der Waals surface area contributed by atoms with Crippen molar-refractivity contribution in [3.05, 3.63) is 88.5 Å². The highest BCUT2D eigenvalue weighted by atomic mass is 16.4. The summed E-state index contributed by atoms with van der Waals surface area (Å²) in [5.74, 6) is -38.7. The van der Waals surface area contributed by atoms with Crippen LogP contribution < -0.4 is 0 Å². The van der Waals surface area contributed by atoms with Gasteiger partial charge >= 0.3 is 0 Å². The van der Waals surface area contributed by atoms with Crippen LogP contribution in [-0.2, 0) is 4.79 Å². The van der Waals surface area contributed by atoms with Crippen molar-refractivity contribution in [2.75, 3.05) is 0 Å². The molecule has 67 heavy (non-hydrogen) atoms. The standard InChI is InChI=1S/C41H32O26/c42-16-1-11(2-17(43)28(16)54)26(52)33(59)38(64)40(66,35(61)14-7-22(48)31(57)23(49)8-14)41(67,36(62)15-9-24(50)32(58)25(51)10-15)39(65,34(60)13-5-20(46)30(56)21(47)6-13)37(63)27(53)12-3-18(44)29(55)19(45)4-12/h1-10,33,38,42-51,54-59,64-67H. The molecular weight excluding hydrogens is 908 g/mol. The van der Waals surface area contributed by atoms with Crippen LogP contribution in [0.1, 0.15) is 51.8 Å². The number of hydrogen-bond donors (Lipinski definition) is 20. The SMILES string of the molecule is O=C(C(=O)C(O)(C(=O)c1cc(O)c(O)c(O)c1)C(O)(C(=O)c1cc(O)c(O)c(O)c1)C(O)(C(=O)c1cc(O)c(O)c(O)c1)C(O)C(O)C(=O)c1cc(O)c(O)c(O)c1)c1cc(O)c(O)c(O)c1. The van der Waals surface area contributed by atoms with Gasteiger partial charge in [0.25, 0.3) is 0 Å². The van der Waals surface area contributed by atoms with E-state index in [0.717, 1.165) is 0 Å². The maximum atomic E-state index is 15.1. The Bertz CT molecular complexity index is 2860. The third kappa shape index (κ3) is 7.54. The first-order chi connectivity index (χ1) is 30.9. The molecule has 0 saturated carbocycles. The lowest BCUT2D eigenvalue weighted by atomic mass is 9.57. The van der Waals surface area contributed by atoms with Crippen LogP contribution in [0, 0.1) is 0 Å². The molecule has 5 atom stereocenters. The lowest BCUT2D eigenvalue weighted by molar-refractivity contribution is -0.217. The summed E-state index contributed by atoms with van der Waals surface area (Å²) in [4.78, 5) is 87.7. The van der Waals surface area contributed by atoms with Crippen molar-refractivity contribution < 1.29 is 131 Å². The Morgan fingerprint density at radius 1 is 0.358 bits per heavy atom. The summed E-state index contributed by atoms with van der Waals surface area (Å²) in [5.41, 5.74) is -24.4. The zero-order chi connectivity index (χ0) is 50.7. The molecule has 352 valence electrons. The van der Waals surface area contributed by atoms with E-state index in [0.29, 0.717) is 0 Å². The van der Waals surface area contributed by atoms with Gasteiger partial charge in [-0.1, -0.05) is 0 Å². The van der Waals surface area contributed by atoms with Crippen molar-refractivity contribution in [3.8, 4) is 86.2 Å². The van der Waals surface area contributed by atoms with Crippen molar-refractivity contribution in [2.24, 2.45) is 0 Å². The Balaban J connectivity index is 2.05. The summed E-state index contributed by atoms with van der Waals surface area (Å²) in [6.45, 7) is 0. The van der Waals surface area contributed by atoms with E-state index in [4.69, 9.17) is 0 Å². The number of carbonyl (C=O) groups is 6. The minimum absolute atomic E-state index is 0.00305. The van der Waals surface area contributed by atoms with Gasteiger partial charge in [0.1, 0.15) is 12.2 Å². The molecule has 0 aliphatic carbocycles. The Morgan fingerprint density at radius 3 is 0.925 bits per heavy atom. The van der Waals surface area contributed by atoms with E-state index in [9.17, 15) is 126 Å². The number of Topliss-reactive ketones (excluding diaryl/α,β-unsaturated/α-hetero) is 6. The number of hydrogen-bond acceptors (Lipinski definition) is 26. The predicted octanol–water partition coefficient (Wildman–Crippen LogP) is -1.53. The lowest BCUT2D eigenvalue weighted by Gasteiger charge is -2.50. The Hall–Kier alpha value is -9.08. The fourth-order valence-corrected chi connectivity index (χ4v) is 6.72. The van der Waals surface area contributed by atoms with Gasteiger partial charge in [-0.15, -0.1) is 0 Å². The van der Waals surface area contributed by atoms with E-state index in [2.05, 4.69) is 0 Å². The third-order valence-corrected chi connectivity index (χ3v) is 10.3. The van der Waals surface area contributed by atoms with E-state index >= 15 is 4.79 Å². The lowest BCUT2D eigenvalue weighted by Crippen LogP contribution is -2.83. The molecule has 26 heteroatoms. The van der Waals surface area contributed by atoms with Crippen molar-refractivity contribution in [2.45, 2.75) is 29.0 Å². The molecule has 0 amide bonds. The van der Waals surface area contributed by atoms with Gasteiger partial charge in [-0.25, -0.2) is 0 Å². The fraction of sp³-hybridized carbons (Fsp3) is 0.122. The number of aliphatic hydroxyl groups is 5. The van der Waals surface area contributed by atoms with Gasteiger partial charge in [0.2, 0.25) is 40.1 Å². The monoisotopic (exact) mass is 940 g/mol. The van der Waals surface area contributed by atoms with Crippen LogP contribution in [0.15, 0.2) is 60.7 Å². The normalized spacial score (nSPS) is 14.9. The first-order valence-corrected chi connectivity index (χ1v) is 18.0. The minimum Gasteiger partial charge on any atom is -0.504 e. The van der Waals surface area contributed by atoms with E-state index < -0.39 is 178 Å². The number of phenols is 15. The number of aliphatic hydroxyl groups excluding tert-OH is 2. The molecule has 5 rings (SSSR count). The Labute approximate surface area is 369 Å². The molecule has 20 N–H and O–H groups in total. The second-order valence-electron chi connectivity index (χ2n) is 14.4. The summed E-state index contributed by atoms with van der Waals surface area (Å²) in [5, 5.41) is 215. The summed E-state index contributed by atoms with van der Waals surface area (Å²) < 4.78 is 0. The summed E-state index contributed by atoms with van der Waals surface area (Å²) in [6.07, 6.45) is -7.92. The van der Waals surface area contributed by atoms with Gasteiger partial charge in [0.05, 0.1) is 0 Å². The van der Waals surface area contributed by atoms with Crippen molar-refractivity contribution in [1.82, 2.24) is 0 Å². The highest BCUT2D eigenvalue weighted by Gasteiger charge is 2.78. The van der Waals surface area contributed by atoms with Crippen LogP contribution in [0.3, 0.4) is 0 Å². The van der Waals surface area contributed by atoms with E-state index in [-0.39, 0.29) is 60.7 Å². The maximum absolute atomic E-state index is 15.1. The quantitative estimate of drug-likeness (QED) is 0.0245. The molecule has 0 bridgehead atoms. The molecule has 0 aliphatic rings. The number of carbonyl (C=O) groups excluding carboxylic acids is 6. The zero-order valence-electron chi connectivity index (χ0n) is 32.8.